The van der Waals surface area contributed by atoms with Crippen LogP contribution in [-0.2, 0) is 0 Å². The first-order valence-corrected chi connectivity index (χ1v) is 9.67. The summed E-state index contributed by atoms with van der Waals surface area (Å²) in [7, 11) is 0. The average molecular weight is 388 g/mol. The average Bonchev–Trinajstić information content (AvgIpc) is 3.38. The van der Waals surface area contributed by atoms with Gasteiger partial charge >= 0.3 is 5.69 Å². The van der Waals surface area contributed by atoms with E-state index in [9.17, 15) is 9.59 Å². The Kier molecular flexibility index (Phi) is 4.23. The zero-order valence-electron chi connectivity index (χ0n) is 15.7. The third-order valence-electron chi connectivity index (χ3n) is 5.44. The number of carbonyl (C=O) groups is 1. The van der Waals surface area contributed by atoms with Gasteiger partial charge in [0.25, 0.3) is 5.91 Å². The quantitative estimate of drug-likeness (QED) is 0.584. The molecule has 1 amide bonds. The van der Waals surface area contributed by atoms with Crippen LogP contribution in [0.4, 0.5) is 0 Å². The fourth-order valence-electron chi connectivity index (χ4n) is 3.97. The molecule has 3 heterocycles. The number of benzene rings is 2. The molecule has 0 bridgehead atoms. The monoisotopic (exact) mass is 388 g/mol. The van der Waals surface area contributed by atoms with E-state index < -0.39 is 0 Å². The van der Waals surface area contributed by atoms with Gasteiger partial charge in [-0.2, -0.15) is 9.90 Å². The maximum absolute atomic E-state index is 12.9. The van der Waals surface area contributed by atoms with Crippen LogP contribution in [0, 0.1) is 0 Å². The Hall–Kier alpha value is -3.68. The van der Waals surface area contributed by atoms with E-state index in [-0.39, 0.29) is 17.6 Å². The van der Waals surface area contributed by atoms with E-state index in [0.717, 1.165) is 29.6 Å². The van der Waals surface area contributed by atoms with Crippen LogP contribution in [0.5, 0.6) is 0 Å². The van der Waals surface area contributed by atoms with Crippen LogP contribution in [0.1, 0.15) is 29.4 Å². The first-order valence-electron chi connectivity index (χ1n) is 9.67. The molecule has 146 valence electrons. The van der Waals surface area contributed by atoms with Crippen molar-refractivity contribution in [3.05, 3.63) is 77.0 Å². The number of hydrogen-bond donors (Lipinski definition) is 1. The lowest BCUT2D eigenvalue weighted by atomic mass is 10.0. The summed E-state index contributed by atoms with van der Waals surface area (Å²) < 4.78 is 1.82. The maximum Gasteiger partial charge on any atom is 0.326 e. The minimum Gasteiger partial charge on any atom is -0.337 e. The lowest BCUT2D eigenvalue weighted by molar-refractivity contribution is 0.0688. The highest BCUT2D eigenvalue weighted by Gasteiger charge is 2.27. The van der Waals surface area contributed by atoms with Crippen molar-refractivity contribution in [3.63, 3.8) is 0 Å². The molecule has 1 saturated heterocycles. The molecule has 0 spiro atoms. The number of imidazole rings is 1. The molecule has 1 aliphatic rings. The molecular formula is C21H20N6O2. The van der Waals surface area contributed by atoms with Gasteiger partial charge in [-0.1, -0.05) is 30.3 Å². The Bertz CT molecular complexity index is 1210. The minimum atomic E-state index is -0.128. The summed E-state index contributed by atoms with van der Waals surface area (Å²) in [5.41, 5.74) is 2.80. The van der Waals surface area contributed by atoms with Gasteiger partial charge in [-0.05, 0) is 37.1 Å². The zero-order chi connectivity index (χ0) is 19.8. The normalized spacial score (nSPS) is 15.1. The van der Waals surface area contributed by atoms with Gasteiger partial charge in [0.05, 0.1) is 22.9 Å². The number of nitrogens with one attached hydrogen (secondary N) is 1. The van der Waals surface area contributed by atoms with Crippen LogP contribution in [0.3, 0.4) is 0 Å². The number of para-hydroxylation sites is 3. The molecule has 1 aliphatic heterocycles. The second kappa shape index (κ2) is 7.05. The van der Waals surface area contributed by atoms with Crippen molar-refractivity contribution >= 4 is 16.9 Å². The van der Waals surface area contributed by atoms with E-state index in [4.69, 9.17) is 0 Å². The summed E-state index contributed by atoms with van der Waals surface area (Å²) in [6.45, 7) is 1.15. The molecule has 0 radical (unpaired) electrons. The third-order valence-corrected chi connectivity index (χ3v) is 5.44. The van der Waals surface area contributed by atoms with Crippen LogP contribution < -0.4 is 5.69 Å². The van der Waals surface area contributed by atoms with Crippen molar-refractivity contribution in [2.75, 3.05) is 13.1 Å². The summed E-state index contributed by atoms with van der Waals surface area (Å²) in [6, 6.07) is 17.3. The van der Waals surface area contributed by atoms with E-state index in [1.807, 2.05) is 59.2 Å². The number of carbonyl (C=O) groups excluding carboxylic acids is 1. The molecule has 0 atom stereocenters. The topological polar surface area (TPSA) is 88.8 Å². The predicted molar refractivity (Wildman–Crippen MR) is 108 cm³/mol. The van der Waals surface area contributed by atoms with Gasteiger partial charge in [0.2, 0.25) is 0 Å². The summed E-state index contributed by atoms with van der Waals surface area (Å²) >= 11 is 0. The number of hydrogen-bond acceptors (Lipinski definition) is 4. The largest absolute Gasteiger partial charge is 0.337 e. The molecule has 5 rings (SSSR count). The number of nitrogens with zero attached hydrogens (tertiary/aromatic N) is 5. The number of aromatic nitrogens is 5. The SMILES string of the molecule is O=C(c1cnn(-c2ccccc2)n1)N1CCC(n2c(=O)[nH]c3ccccc32)CC1. The smallest absolute Gasteiger partial charge is 0.326 e. The van der Waals surface area contributed by atoms with E-state index in [0.29, 0.717) is 18.8 Å². The van der Waals surface area contributed by atoms with Gasteiger partial charge in [-0.15, -0.1) is 5.10 Å². The number of amides is 1. The van der Waals surface area contributed by atoms with Crippen LogP contribution in [-0.4, -0.2) is 48.4 Å². The fraction of sp³-hybridized carbons (Fsp3) is 0.238. The molecule has 1 fully saturated rings. The molecule has 0 aliphatic carbocycles. The molecule has 29 heavy (non-hydrogen) atoms. The van der Waals surface area contributed by atoms with E-state index in [1.165, 1.54) is 11.0 Å². The second-order valence-corrected chi connectivity index (χ2v) is 7.20. The van der Waals surface area contributed by atoms with Gasteiger partial charge in [-0.25, -0.2) is 4.79 Å². The van der Waals surface area contributed by atoms with Crippen molar-refractivity contribution in [3.8, 4) is 5.69 Å². The summed E-state index contributed by atoms with van der Waals surface area (Å²) in [6.07, 6.45) is 2.95. The van der Waals surface area contributed by atoms with Crippen molar-refractivity contribution in [1.29, 1.82) is 0 Å². The zero-order valence-corrected chi connectivity index (χ0v) is 15.7. The lowest BCUT2D eigenvalue weighted by Gasteiger charge is -2.32. The van der Waals surface area contributed by atoms with E-state index in [2.05, 4.69) is 15.2 Å². The summed E-state index contributed by atoms with van der Waals surface area (Å²) in [4.78, 5) is 31.4. The molecule has 0 saturated carbocycles. The standard InChI is InChI=1S/C21H20N6O2/c28-20(18-14-22-27(24-18)16-6-2-1-3-7-16)25-12-10-15(11-13-25)26-19-9-5-4-8-17(19)23-21(26)29/h1-9,14-15H,10-13H2,(H,23,29). The molecule has 4 aromatic rings. The Morgan fingerprint density at radius 3 is 2.52 bits per heavy atom. The first kappa shape index (κ1) is 17.4. The van der Waals surface area contributed by atoms with Crippen LogP contribution >= 0.6 is 0 Å². The number of rotatable bonds is 3. The fourth-order valence-corrected chi connectivity index (χ4v) is 3.97. The van der Waals surface area contributed by atoms with E-state index in [1.54, 1.807) is 4.90 Å². The highest BCUT2D eigenvalue weighted by molar-refractivity contribution is 5.92. The molecule has 1 N–H and O–H groups in total. The Labute approximate surface area is 166 Å². The molecule has 8 heteroatoms. The maximum atomic E-state index is 12.9. The van der Waals surface area contributed by atoms with Gasteiger partial charge < -0.3 is 9.88 Å². The molecule has 2 aromatic heterocycles. The van der Waals surface area contributed by atoms with Crippen molar-refractivity contribution < 1.29 is 4.79 Å². The number of fused-ring (bicyclic) bond motifs is 1. The molecule has 8 nitrogen and oxygen atoms in total. The van der Waals surface area contributed by atoms with Crippen molar-refractivity contribution in [2.24, 2.45) is 0 Å². The first-order chi connectivity index (χ1) is 14.2. The highest BCUT2D eigenvalue weighted by atomic mass is 16.2. The Morgan fingerprint density at radius 2 is 1.72 bits per heavy atom. The minimum absolute atomic E-state index is 0.0719. The van der Waals surface area contributed by atoms with Crippen LogP contribution in [0.25, 0.3) is 16.7 Å². The second-order valence-electron chi connectivity index (χ2n) is 7.20. The van der Waals surface area contributed by atoms with E-state index >= 15 is 0 Å². The Morgan fingerprint density at radius 1 is 1.00 bits per heavy atom. The highest BCUT2D eigenvalue weighted by Crippen LogP contribution is 2.25. The predicted octanol–water partition coefficient (Wildman–Crippen LogP) is 2.39. The number of H-pyrrole nitrogens is 1. The van der Waals surface area contributed by atoms with Gasteiger partial charge in [0, 0.05) is 19.1 Å². The van der Waals surface area contributed by atoms with Gasteiger partial charge in [-0.3, -0.25) is 9.36 Å². The molecule has 2 aromatic carbocycles. The lowest BCUT2D eigenvalue weighted by Crippen LogP contribution is -2.40. The molecular weight excluding hydrogens is 368 g/mol. The van der Waals surface area contributed by atoms with Crippen LogP contribution in [0.15, 0.2) is 65.6 Å². The summed E-state index contributed by atoms with van der Waals surface area (Å²) in [5.74, 6) is -0.128. The van der Waals surface area contributed by atoms with Crippen molar-refractivity contribution in [2.45, 2.75) is 18.9 Å². The van der Waals surface area contributed by atoms with Gasteiger partial charge in [0.15, 0.2) is 5.69 Å². The molecule has 0 unspecified atom stereocenters. The van der Waals surface area contributed by atoms with Crippen LogP contribution in [0.2, 0.25) is 0 Å². The number of likely N-dealkylation sites (tertiary alicyclic amines) is 1. The summed E-state index contributed by atoms with van der Waals surface area (Å²) in [5, 5.41) is 8.55. The third kappa shape index (κ3) is 3.12. The number of piperidine rings is 1. The number of aromatic amines is 1. The Balaban J connectivity index is 1.31. The van der Waals surface area contributed by atoms with Crippen molar-refractivity contribution in [1.82, 2.24) is 29.4 Å². The van der Waals surface area contributed by atoms with Gasteiger partial charge in [0.1, 0.15) is 0 Å².